The molecule has 0 radical (unpaired) electrons. The van der Waals surface area contributed by atoms with Gasteiger partial charge < -0.3 is 5.32 Å². The number of hydrogen-bond acceptors (Lipinski definition) is 3. The van der Waals surface area contributed by atoms with E-state index in [9.17, 15) is 13.2 Å². The number of aryl methyl sites for hydroxylation is 2. The predicted octanol–water partition coefficient (Wildman–Crippen LogP) is 4.48. The minimum Gasteiger partial charge on any atom is -0.345 e. The second-order valence-corrected chi connectivity index (χ2v) is 11.2. The first-order chi connectivity index (χ1) is 16.5. The van der Waals surface area contributed by atoms with Crippen LogP contribution in [-0.2, 0) is 27.7 Å². The van der Waals surface area contributed by atoms with Crippen molar-refractivity contribution >= 4 is 15.9 Å². The molecule has 0 unspecified atom stereocenters. The van der Waals surface area contributed by atoms with Crippen LogP contribution in [0.3, 0.4) is 0 Å². The van der Waals surface area contributed by atoms with Crippen molar-refractivity contribution in [2.45, 2.75) is 43.0 Å². The van der Waals surface area contributed by atoms with E-state index in [4.69, 9.17) is 0 Å². The van der Waals surface area contributed by atoms with Gasteiger partial charge in [0.15, 0.2) is 0 Å². The number of nitrogens with one attached hydrogen (secondary N) is 1. The Bertz CT molecular complexity index is 1210. The molecule has 6 heteroatoms. The van der Waals surface area contributed by atoms with E-state index in [0.29, 0.717) is 30.8 Å². The highest BCUT2D eigenvalue weighted by Crippen LogP contribution is 2.29. The van der Waals surface area contributed by atoms with Crippen molar-refractivity contribution in [2.24, 2.45) is 5.92 Å². The Labute approximate surface area is 201 Å². The van der Waals surface area contributed by atoms with Gasteiger partial charge in [-0.2, -0.15) is 4.31 Å². The molecule has 1 saturated heterocycles. The molecule has 0 spiro atoms. The average molecular weight is 475 g/mol. The molecule has 1 amide bonds. The highest BCUT2D eigenvalue weighted by atomic mass is 32.2. The van der Waals surface area contributed by atoms with E-state index in [1.807, 2.05) is 72.8 Å². The first-order valence-corrected chi connectivity index (χ1v) is 13.5. The van der Waals surface area contributed by atoms with Gasteiger partial charge in [0.05, 0.1) is 10.9 Å². The topological polar surface area (TPSA) is 66.5 Å². The molecule has 0 aromatic heterocycles. The lowest BCUT2D eigenvalue weighted by molar-refractivity contribution is -0.126. The van der Waals surface area contributed by atoms with E-state index in [-0.39, 0.29) is 17.9 Å². The highest BCUT2D eigenvalue weighted by Gasteiger charge is 2.33. The van der Waals surface area contributed by atoms with Crippen LogP contribution < -0.4 is 5.32 Å². The quantitative estimate of drug-likeness (QED) is 0.573. The van der Waals surface area contributed by atoms with Crippen LogP contribution in [0.25, 0.3) is 0 Å². The van der Waals surface area contributed by atoms with E-state index in [0.717, 1.165) is 36.0 Å². The van der Waals surface area contributed by atoms with Gasteiger partial charge in [-0.15, -0.1) is 0 Å². The van der Waals surface area contributed by atoms with Crippen LogP contribution in [0.4, 0.5) is 0 Å². The Morgan fingerprint density at radius 3 is 2.03 bits per heavy atom. The molecule has 5 nitrogen and oxygen atoms in total. The lowest BCUT2D eigenvalue weighted by Gasteiger charge is -2.31. The maximum atomic E-state index is 13.2. The fourth-order valence-corrected chi connectivity index (χ4v) is 6.65. The van der Waals surface area contributed by atoms with Crippen LogP contribution in [0.1, 0.15) is 47.6 Å². The second-order valence-electron chi connectivity index (χ2n) is 9.23. The van der Waals surface area contributed by atoms with Crippen LogP contribution in [0.15, 0.2) is 83.8 Å². The normalized spacial score (nSPS) is 17.0. The zero-order chi connectivity index (χ0) is 23.5. The molecule has 1 fully saturated rings. The minimum atomic E-state index is -3.54. The standard InChI is InChI=1S/C28H30N2O3S/c31-28(29-27(22-8-3-1-4-9-22)23-10-5-2-6-11-23)24-16-18-30(19-17-24)34(32,33)26-15-14-21-12-7-13-25(21)20-26/h1-6,8-11,14-15,20,24,27H,7,12-13,16-19H2,(H,29,31). The summed E-state index contributed by atoms with van der Waals surface area (Å²) in [5.74, 6) is -0.228. The number of piperidine rings is 1. The first-order valence-electron chi connectivity index (χ1n) is 12.0. The molecule has 1 N–H and O–H groups in total. The number of carbonyl (C=O) groups excluding carboxylic acids is 1. The van der Waals surface area contributed by atoms with Crippen LogP contribution in [-0.4, -0.2) is 31.7 Å². The molecule has 2 aliphatic rings. The molecule has 176 valence electrons. The molecule has 0 atom stereocenters. The summed E-state index contributed by atoms with van der Waals surface area (Å²) in [5.41, 5.74) is 4.47. The molecule has 5 rings (SSSR count). The third kappa shape index (κ3) is 4.65. The van der Waals surface area contributed by atoms with Gasteiger partial charge in [0, 0.05) is 19.0 Å². The minimum absolute atomic E-state index is 0.0210. The zero-order valence-corrected chi connectivity index (χ0v) is 20.0. The molecular weight excluding hydrogens is 444 g/mol. The molecule has 3 aromatic carbocycles. The molecule has 1 aliphatic carbocycles. The largest absolute Gasteiger partial charge is 0.345 e. The van der Waals surface area contributed by atoms with Gasteiger partial charge in [0.1, 0.15) is 0 Å². The van der Waals surface area contributed by atoms with Gasteiger partial charge in [0.25, 0.3) is 0 Å². The van der Waals surface area contributed by atoms with Crippen molar-refractivity contribution in [3.05, 3.63) is 101 Å². The maximum Gasteiger partial charge on any atom is 0.243 e. The number of sulfonamides is 1. The number of benzene rings is 3. The number of nitrogens with zero attached hydrogens (tertiary/aromatic N) is 1. The van der Waals surface area contributed by atoms with E-state index in [1.165, 1.54) is 5.56 Å². The van der Waals surface area contributed by atoms with Crippen molar-refractivity contribution in [1.82, 2.24) is 9.62 Å². The summed E-state index contributed by atoms with van der Waals surface area (Å²) in [7, 11) is -3.54. The first kappa shape index (κ1) is 22.8. The summed E-state index contributed by atoms with van der Waals surface area (Å²) in [6.07, 6.45) is 4.11. The van der Waals surface area contributed by atoms with Crippen molar-refractivity contribution < 1.29 is 13.2 Å². The maximum absolute atomic E-state index is 13.2. The summed E-state index contributed by atoms with van der Waals surface area (Å²) in [4.78, 5) is 13.6. The summed E-state index contributed by atoms with van der Waals surface area (Å²) in [5, 5.41) is 3.23. The molecule has 0 saturated carbocycles. The predicted molar refractivity (Wildman–Crippen MR) is 133 cm³/mol. The van der Waals surface area contributed by atoms with Gasteiger partial charge in [-0.1, -0.05) is 66.7 Å². The van der Waals surface area contributed by atoms with Gasteiger partial charge in [-0.3, -0.25) is 4.79 Å². The molecular formula is C28H30N2O3S. The monoisotopic (exact) mass is 474 g/mol. The zero-order valence-electron chi connectivity index (χ0n) is 19.2. The van der Waals surface area contributed by atoms with E-state index >= 15 is 0 Å². The Morgan fingerprint density at radius 2 is 1.41 bits per heavy atom. The van der Waals surface area contributed by atoms with Gasteiger partial charge in [-0.25, -0.2) is 8.42 Å². The molecule has 3 aromatic rings. The third-order valence-corrected chi connectivity index (χ3v) is 8.98. The summed E-state index contributed by atoms with van der Waals surface area (Å²) in [6, 6.07) is 25.2. The molecule has 0 bridgehead atoms. The van der Waals surface area contributed by atoms with E-state index < -0.39 is 10.0 Å². The fourth-order valence-electron chi connectivity index (χ4n) is 5.13. The molecule has 34 heavy (non-hydrogen) atoms. The lowest BCUT2D eigenvalue weighted by atomic mass is 9.94. The van der Waals surface area contributed by atoms with Crippen molar-refractivity contribution in [3.63, 3.8) is 0 Å². The summed E-state index contributed by atoms with van der Waals surface area (Å²) < 4.78 is 28.0. The van der Waals surface area contributed by atoms with E-state index in [2.05, 4.69) is 5.32 Å². The van der Waals surface area contributed by atoms with Crippen LogP contribution in [0, 0.1) is 5.92 Å². The highest BCUT2D eigenvalue weighted by molar-refractivity contribution is 7.89. The second kappa shape index (κ2) is 9.72. The molecule has 1 aliphatic heterocycles. The van der Waals surface area contributed by atoms with Crippen molar-refractivity contribution in [3.8, 4) is 0 Å². The summed E-state index contributed by atoms with van der Waals surface area (Å²) >= 11 is 0. The van der Waals surface area contributed by atoms with E-state index in [1.54, 1.807) is 10.4 Å². The number of fused-ring (bicyclic) bond motifs is 1. The average Bonchev–Trinajstić information content (AvgIpc) is 3.36. The number of rotatable bonds is 6. The molecule has 1 heterocycles. The van der Waals surface area contributed by atoms with Crippen molar-refractivity contribution in [1.29, 1.82) is 0 Å². The van der Waals surface area contributed by atoms with Gasteiger partial charge >= 0.3 is 0 Å². The van der Waals surface area contributed by atoms with Crippen LogP contribution in [0.2, 0.25) is 0 Å². The Morgan fingerprint density at radius 1 is 0.824 bits per heavy atom. The fraction of sp³-hybridized carbons (Fsp3) is 0.321. The van der Waals surface area contributed by atoms with Crippen LogP contribution in [0.5, 0.6) is 0 Å². The summed E-state index contributed by atoms with van der Waals surface area (Å²) in [6.45, 7) is 0.720. The van der Waals surface area contributed by atoms with Crippen LogP contribution >= 0.6 is 0 Å². The number of amides is 1. The Balaban J connectivity index is 1.26. The Hall–Kier alpha value is -2.96. The number of hydrogen-bond donors (Lipinski definition) is 1. The Kier molecular flexibility index (Phi) is 6.53. The van der Waals surface area contributed by atoms with Crippen molar-refractivity contribution in [2.75, 3.05) is 13.1 Å². The third-order valence-electron chi connectivity index (χ3n) is 7.08. The smallest absolute Gasteiger partial charge is 0.243 e. The lowest BCUT2D eigenvalue weighted by Crippen LogP contribution is -2.43. The SMILES string of the molecule is O=C(NC(c1ccccc1)c1ccccc1)C1CCN(S(=O)(=O)c2ccc3c(c2)CCC3)CC1. The number of carbonyl (C=O) groups is 1. The van der Waals surface area contributed by atoms with Gasteiger partial charge in [-0.05, 0) is 66.5 Å². The van der Waals surface area contributed by atoms with Gasteiger partial charge in [0.2, 0.25) is 15.9 Å².